The number of ketones is 1. The second-order valence-corrected chi connectivity index (χ2v) is 6.55. The van der Waals surface area contributed by atoms with E-state index < -0.39 is 0 Å². The lowest BCUT2D eigenvalue weighted by atomic mass is 10.1. The van der Waals surface area contributed by atoms with Crippen molar-refractivity contribution >= 4 is 72.4 Å². The minimum atomic E-state index is -0.342. The van der Waals surface area contributed by atoms with Gasteiger partial charge in [-0.05, 0) is 44.0 Å². The molecule has 2 rings (SSSR count). The van der Waals surface area contributed by atoms with Gasteiger partial charge in [0.15, 0.2) is 0 Å². The number of hydrogen-bond acceptors (Lipinski definition) is 2. The number of nitrogens with one attached hydrogen (secondary N) is 1. The molecule has 0 bridgehead atoms. The summed E-state index contributed by atoms with van der Waals surface area (Å²) in [6.07, 6.45) is 0. The molecule has 8 heteroatoms. The summed E-state index contributed by atoms with van der Waals surface area (Å²) in [5.41, 5.74) is 0.523. The van der Waals surface area contributed by atoms with Gasteiger partial charge in [0, 0.05) is 5.02 Å². The quantitative estimate of drug-likeness (QED) is 0.592. The first-order valence-electron chi connectivity index (χ1n) is 5.17. The van der Waals surface area contributed by atoms with Crippen molar-refractivity contribution in [1.29, 1.82) is 0 Å². The number of H-pyrrole nitrogens is 1. The molecule has 0 spiro atoms. The van der Waals surface area contributed by atoms with Crippen molar-refractivity contribution in [1.82, 2.24) is 4.98 Å². The Hall–Kier alpha value is -0.200. The van der Waals surface area contributed by atoms with Gasteiger partial charge in [-0.2, -0.15) is 0 Å². The summed E-state index contributed by atoms with van der Waals surface area (Å²) in [5, 5.41) is 0.912. The summed E-state index contributed by atoms with van der Waals surface area (Å²) in [5.74, 6) is -0.0828. The molecule has 0 aliphatic rings. The van der Waals surface area contributed by atoms with Gasteiger partial charge in [0.25, 0.3) is 0 Å². The van der Waals surface area contributed by atoms with Crippen LogP contribution in [0.25, 0.3) is 0 Å². The average Bonchev–Trinajstić information content (AvgIpc) is 2.65. The monoisotopic (exact) mass is 459 g/mol. The summed E-state index contributed by atoms with van der Waals surface area (Å²) in [6, 6.07) is 3.00. The summed E-state index contributed by atoms with van der Waals surface area (Å²) in [6.45, 7) is 0. The Morgan fingerprint density at radius 2 is 1.85 bits per heavy atom. The summed E-state index contributed by atoms with van der Waals surface area (Å²) in [4.78, 5) is 15.4. The first-order valence-corrected chi connectivity index (χ1v) is 7.89. The van der Waals surface area contributed by atoms with E-state index in [4.69, 9.17) is 39.5 Å². The average molecular weight is 462 g/mol. The van der Waals surface area contributed by atoms with E-state index >= 15 is 0 Å². The van der Waals surface area contributed by atoms with Crippen molar-refractivity contribution in [2.45, 2.75) is 0 Å². The predicted molar refractivity (Wildman–Crippen MR) is 87.6 cm³/mol. The fourth-order valence-corrected chi connectivity index (χ4v) is 3.30. The number of carbonyl (C=O) groups excluding carboxylic acids is 1. The maximum Gasteiger partial charge on any atom is 0.214 e. The highest BCUT2D eigenvalue weighted by Crippen LogP contribution is 2.38. The van der Waals surface area contributed by atoms with E-state index in [-0.39, 0.29) is 27.8 Å². The van der Waals surface area contributed by atoms with Crippen LogP contribution < -0.4 is 4.74 Å². The highest BCUT2D eigenvalue weighted by atomic mass is 79.9. The topological polar surface area (TPSA) is 42.1 Å². The van der Waals surface area contributed by atoms with Gasteiger partial charge in [0.05, 0.1) is 26.6 Å². The van der Waals surface area contributed by atoms with E-state index in [9.17, 15) is 4.79 Å². The number of ether oxygens (including phenoxy) is 1. The molecule has 1 N–H and O–H groups in total. The number of carbonyl (C=O) groups is 1. The van der Waals surface area contributed by atoms with E-state index in [1.807, 2.05) is 0 Å². The molecular formula is C12H6Br2Cl3NO2. The number of hydrogen-bond donors (Lipinski definition) is 1. The molecule has 1 aromatic carbocycles. The Morgan fingerprint density at radius 3 is 2.35 bits per heavy atom. The van der Waals surface area contributed by atoms with Crippen molar-refractivity contribution in [3.8, 4) is 5.75 Å². The molecule has 0 fully saturated rings. The number of aromatic amines is 1. The smallest absolute Gasteiger partial charge is 0.214 e. The van der Waals surface area contributed by atoms with Crippen LogP contribution in [0.4, 0.5) is 0 Å². The highest BCUT2D eigenvalue weighted by molar-refractivity contribution is 9.13. The molecule has 3 nitrogen and oxygen atoms in total. The number of aromatic nitrogens is 1. The summed E-state index contributed by atoms with van der Waals surface area (Å²) in [7, 11) is 1.43. The van der Waals surface area contributed by atoms with E-state index in [2.05, 4.69) is 36.8 Å². The van der Waals surface area contributed by atoms with E-state index in [1.54, 1.807) is 0 Å². The third kappa shape index (κ3) is 2.88. The van der Waals surface area contributed by atoms with Crippen LogP contribution in [0, 0.1) is 0 Å². The predicted octanol–water partition coefficient (Wildman–Crippen LogP) is 5.74. The Labute approximate surface area is 146 Å². The Balaban J connectivity index is 2.61. The molecule has 20 heavy (non-hydrogen) atoms. The molecule has 0 saturated carbocycles. The molecule has 2 aromatic rings. The molecular weight excluding hydrogens is 456 g/mol. The van der Waals surface area contributed by atoms with Gasteiger partial charge in [-0.25, -0.2) is 0 Å². The maximum absolute atomic E-state index is 12.6. The van der Waals surface area contributed by atoms with Gasteiger partial charge in [-0.15, -0.1) is 0 Å². The van der Waals surface area contributed by atoms with E-state index in [0.717, 1.165) is 0 Å². The Morgan fingerprint density at radius 1 is 1.20 bits per heavy atom. The lowest BCUT2D eigenvalue weighted by Crippen LogP contribution is -2.05. The van der Waals surface area contributed by atoms with Crippen molar-refractivity contribution in [3.05, 3.63) is 47.5 Å². The SMILES string of the molecule is COc1c(Cl)cc(Cl)cc1C(=O)c1[nH]c(Cl)c(Br)c1Br. The minimum Gasteiger partial charge on any atom is -0.494 e. The van der Waals surface area contributed by atoms with Crippen LogP contribution in [0.3, 0.4) is 0 Å². The Kier molecular flexibility index (Phi) is 5.08. The van der Waals surface area contributed by atoms with Gasteiger partial charge in [-0.3, -0.25) is 4.79 Å². The first kappa shape index (κ1) is 16.2. The molecule has 1 heterocycles. The van der Waals surface area contributed by atoms with Crippen LogP contribution in [-0.4, -0.2) is 17.9 Å². The fraction of sp³-hybridized carbons (Fsp3) is 0.0833. The van der Waals surface area contributed by atoms with Crippen LogP contribution in [0.15, 0.2) is 21.1 Å². The van der Waals surface area contributed by atoms with Crippen LogP contribution in [0.1, 0.15) is 16.1 Å². The molecule has 0 aliphatic carbocycles. The first-order chi connectivity index (χ1) is 9.36. The molecule has 106 valence electrons. The number of halogens is 5. The lowest BCUT2D eigenvalue weighted by molar-refractivity contribution is 0.103. The van der Waals surface area contributed by atoms with Crippen LogP contribution in [0.5, 0.6) is 5.75 Å². The largest absolute Gasteiger partial charge is 0.494 e. The van der Waals surface area contributed by atoms with Crippen LogP contribution in [-0.2, 0) is 0 Å². The second kappa shape index (κ2) is 6.28. The molecule has 0 atom stereocenters. The zero-order valence-corrected chi connectivity index (χ0v) is 15.3. The maximum atomic E-state index is 12.6. The summed E-state index contributed by atoms with van der Waals surface area (Å²) < 4.78 is 6.25. The van der Waals surface area contributed by atoms with Crippen molar-refractivity contribution in [2.24, 2.45) is 0 Å². The van der Waals surface area contributed by atoms with Crippen LogP contribution in [0.2, 0.25) is 15.2 Å². The minimum absolute atomic E-state index is 0.246. The van der Waals surface area contributed by atoms with Crippen LogP contribution >= 0.6 is 66.7 Å². The van der Waals surface area contributed by atoms with Crippen molar-refractivity contribution < 1.29 is 9.53 Å². The normalized spacial score (nSPS) is 10.7. The lowest BCUT2D eigenvalue weighted by Gasteiger charge is -2.09. The number of benzene rings is 1. The third-order valence-corrected chi connectivity index (χ3v) is 5.65. The van der Waals surface area contributed by atoms with Crippen molar-refractivity contribution in [2.75, 3.05) is 7.11 Å². The molecule has 0 amide bonds. The molecule has 1 aromatic heterocycles. The highest BCUT2D eigenvalue weighted by Gasteiger charge is 2.24. The van der Waals surface area contributed by atoms with E-state index in [1.165, 1.54) is 19.2 Å². The second-order valence-electron chi connectivity index (χ2n) is 3.74. The van der Waals surface area contributed by atoms with Crippen molar-refractivity contribution in [3.63, 3.8) is 0 Å². The number of methoxy groups -OCH3 is 1. The molecule has 0 radical (unpaired) electrons. The van der Waals surface area contributed by atoms with Gasteiger partial charge >= 0.3 is 0 Å². The fourth-order valence-electron chi connectivity index (χ4n) is 1.65. The number of rotatable bonds is 3. The van der Waals surface area contributed by atoms with Gasteiger partial charge < -0.3 is 9.72 Å². The third-order valence-electron chi connectivity index (χ3n) is 2.52. The molecule has 0 saturated heterocycles. The van der Waals surface area contributed by atoms with Gasteiger partial charge in [0.2, 0.25) is 5.78 Å². The zero-order chi connectivity index (χ0) is 15.0. The molecule has 0 unspecified atom stereocenters. The molecule has 0 aliphatic heterocycles. The summed E-state index contributed by atoms with van der Waals surface area (Å²) >= 11 is 24.4. The van der Waals surface area contributed by atoms with E-state index in [0.29, 0.717) is 19.1 Å². The Bertz CT molecular complexity index is 700. The zero-order valence-electron chi connectivity index (χ0n) is 9.86. The standard InChI is InChI=1S/C12H6Br2Cl3NO2/c1-20-11-5(2-4(15)3-6(11)16)10(19)9-7(13)8(14)12(17)18-9/h2-3,18H,1H3. The van der Waals surface area contributed by atoms with Gasteiger partial charge in [0.1, 0.15) is 16.6 Å². The van der Waals surface area contributed by atoms with Gasteiger partial charge in [-0.1, -0.05) is 34.8 Å².